The quantitative estimate of drug-likeness (QED) is 0.319. The fourth-order valence-electron chi connectivity index (χ4n) is 3.81. The highest BCUT2D eigenvalue weighted by Gasteiger charge is 2.17. The van der Waals surface area contributed by atoms with Crippen LogP contribution < -0.4 is 20.7 Å². The number of ether oxygens (including phenoxy) is 1. The van der Waals surface area contributed by atoms with E-state index in [-0.39, 0.29) is 12.0 Å². The molecule has 1 aromatic carbocycles. The van der Waals surface area contributed by atoms with E-state index in [2.05, 4.69) is 35.9 Å². The van der Waals surface area contributed by atoms with E-state index in [1.165, 1.54) is 19.2 Å². The molecular weight excluding hydrogens is 442 g/mol. The van der Waals surface area contributed by atoms with E-state index in [4.69, 9.17) is 4.74 Å². The molecule has 9 heteroatoms. The molecule has 35 heavy (non-hydrogen) atoms. The number of hydrogen-bond donors (Lipinski definition) is 3. The molecule has 176 valence electrons. The summed E-state index contributed by atoms with van der Waals surface area (Å²) in [6.45, 7) is 0. The molecule has 3 aromatic heterocycles. The van der Waals surface area contributed by atoms with Gasteiger partial charge < -0.3 is 20.7 Å². The van der Waals surface area contributed by atoms with Gasteiger partial charge in [-0.3, -0.25) is 4.79 Å². The number of amides is 1. The first-order valence-electron chi connectivity index (χ1n) is 11.5. The Morgan fingerprint density at radius 1 is 0.800 bits per heavy atom. The van der Waals surface area contributed by atoms with Gasteiger partial charge in [0.2, 0.25) is 5.88 Å². The van der Waals surface area contributed by atoms with Gasteiger partial charge in [0, 0.05) is 35.9 Å². The van der Waals surface area contributed by atoms with Gasteiger partial charge in [0.1, 0.15) is 29.9 Å². The zero-order chi connectivity index (χ0) is 23.9. The van der Waals surface area contributed by atoms with E-state index in [0.717, 1.165) is 18.5 Å². The van der Waals surface area contributed by atoms with Crippen LogP contribution in [-0.2, 0) is 0 Å². The lowest BCUT2D eigenvalue weighted by Crippen LogP contribution is -2.14. The molecule has 1 fully saturated rings. The van der Waals surface area contributed by atoms with Crippen molar-refractivity contribution in [3.8, 4) is 5.88 Å². The lowest BCUT2D eigenvalue weighted by Gasteiger charge is -2.12. The molecule has 3 N–H and O–H groups in total. The van der Waals surface area contributed by atoms with Gasteiger partial charge in [-0.2, -0.15) is 0 Å². The maximum atomic E-state index is 12.6. The standard InChI is InChI=1S/C26H25N7O2/c34-26(18-8-13-25(28-16-18)35-21-5-1-2-6-21)32-20-11-9-19(10-12-20)31-23-15-24(30-17-29-23)33-22-7-3-4-14-27-22/h3-4,7-17,21H,1-2,5-6H2,(H,32,34)(H2,27,29,30,31,33). The van der Waals surface area contributed by atoms with Crippen molar-refractivity contribution >= 4 is 34.7 Å². The lowest BCUT2D eigenvalue weighted by atomic mass is 10.2. The molecule has 0 atom stereocenters. The van der Waals surface area contributed by atoms with Crippen LogP contribution >= 0.6 is 0 Å². The summed E-state index contributed by atoms with van der Waals surface area (Å²) in [6.07, 6.45) is 9.48. The summed E-state index contributed by atoms with van der Waals surface area (Å²) in [4.78, 5) is 29.6. The van der Waals surface area contributed by atoms with Crippen LogP contribution in [0.15, 0.2) is 79.4 Å². The third-order valence-electron chi connectivity index (χ3n) is 5.59. The Labute approximate surface area is 203 Å². The van der Waals surface area contributed by atoms with E-state index in [9.17, 15) is 4.79 Å². The number of carbonyl (C=O) groups excluding carboxylic acids is 1. The second-order valence-electron chi connectivity index (χ2n) is 8.19. The molecule has 0 radical (unpaired) electrons. The van der Waals surface area contributed by atoms with Crippen LogP contribution in [0.4, 0.5) is 28.8 Å². The number of aromatic nitrogens is 4. The molecule has 1 saturated carbocycles. The Morgan fingerprint density at radius 2 is 1.57 bits per heavy atom. The minimum Gasteiger partial charge on any atom is -0.474 e. The molecule has 0 spiro atoms. The highest BCUT2D eigenvalue weighted by molar-refractivity contribution is 6.04. The fraction of sp³-hybridized carbons (Fsp3) is 0.192. The molecular formula is C26H25N7O2. The Kier molecular flexibility index (Phi) is 6.75. The van der Waals surface area contributed by atoms with E-state index >= 15 is 0 Å². The molecule has 0 aliphatic heterocycles. The number of nitrogens with one attached hydrogen (secondary N) is 3. The first-order chi connectivity index (χ1) is 17.2. The van der Waals surface area contributed by atoms with Crippen molar-refractivity contribution in [3.63, 3.8) is 0 Å². The van der Waals surface area contributed by atoms with Crippen molar-refractivity contribution in [3.05, 3.63) is 84.9 Å². The van der Waals surface area contributed by atoms with Gasteiger partial charge in [-0.1, -0.05) is 6.07 Å². The van der Waals surface area contributed by atoms with Gasteiger partial charge in [0.15, 0.2) is 0 Å². The lowest BCUT2D eigenvalue weighted by molar-refractivity contribution is 0.102. The Morgan fingerprint density at radius 3 is 2.29 bits per heavy atom. The Balaban J connectivity index is 1.16. The van der Waals surface area contributed by atoms with Crippen molar-refractivity contribution in [1.82, 2.24) is 19.9 Å². The van der Waals surface area contributed by atoms with Crippen molar-refractivity contribution in [2.45, 2.75) is 31.8 Å². The average molecular weight is 468 g/mol. The van der Waals surface area contributed by atoms with Crippen LogP contribution in [0, 0.1) is 0 Å². The third-order valence-corrected chi connectivity index (χ3v) is 5.59. The number of rotatable bonds is 8. The van der Waals surface area contributed by atoms with Crippen LogP contribution in [0.3, 0.4) is 0 Å². The van der Waals surface area contributed by atoms with Crippen molar-refractivity contribution in [1.29, 1.82) is 0 Å². The zero-order valence-corrected chi connectivity index (χ0v) is 19.0. The van der Waals surface area contributed by atoms with Crippen LogP contribution in [0.2, 0.25) is 0 Å². The summed E-state index contributed by atoms with van der Waals surface area (Å²) in [6, 6.07) is 18.2. The summed E-state index contributed by atoms with van der Waals surface area (Å²) in [7, 11) is 0. The molecule has 0 saturated heterocycles. The molecule has 0 bridgehead atoms. The zero-order valence-electron chi connectivity index (χ0n) is 19.0. The monoisotopic (exact) mass is 467 g/mol. The van der Waals surface area contributed by atoms with E-state index in [1.807, 2.05) is 42.5 Å². The molecule has 3 heterocycles. The summed E-state index contributed by atoms with van der Waals surface area (Å²) < 4.78 is 5.86. The van der Waals surface area contributed by atoms with Crippen LogP contribution in [0.25, 0.3) is 0 Å². The van der Waals surface area contributed by atoms with Crippen LogP contribution in [-0.4, -0.2) is 31.9 Å². The predicted molar refractivity (Wildman–Crippen MR) is 134 cm³/mol. The summed E-state index contributed by atoms with van der Waals surface area (Å²) in [5, 5.41) is 9.25. The molecule has 4 aromatic rings. The molecule has 1 amide bonds. The fourth-order valence-corrected chi connectivity index (χ4v) is 3.81. The van der Waals surface area contributed by atoms with Gasteiger partial charge in [-0.25, -0.2) is 19.9 Å². The summed E-state index contributed by atoms with van der Waals surface area (Å²) >= 11 is 0. The van der Waals surface area contributed by atoms with Crippen molar-refractivity contribution in [2.24, 2.45) is 0 Å². The number of pyridine rings is 2. The summed E-state index contributed by atoms with van der Waals surface area (Å²) in [5.74, 6) is 2.28. The molecule has 1 aliphatic rings. The highest BCUT2D eigenvalue weighted by atomic mass is 16.5. The first-order valence-corrected chi connectivity index (χ1v) is 11.5. The van der Waals surface area contributed by atoms with Gasteiger partial charge in [0.25, 0.3) is 5.91 Å². The van der Waals surface area contributed by atoms with E-state index < -0.39 is 0 Å². The van der Waals surface area contributed by atoms with E-state index in [0.29, 0.717) is 34.6 Å². The number of carbonyl (C=O) groups is 1. The second kappa shape index (κ2) is 10.6. The van der Waals surface area contributed by atoms with Crippen molar-refractivity contribution in [2.75, 3.05) is 16.0 Å². The topological polar surface area (TPSA) is 114 Å². The molecule has 0 unspecified atom stereocenters. The molecule has 1 aliphatic carbocycles. The third kappa shape index (κ3) is 6.08. The van der Waals surface area contributed by atoms with Gasteiger partial charge >= 0.3 is 0 Å². The van der Waals surface area contributed by atoms with Crippen LogP contribution in [0.1, 0.15) is 36.0 Å². The number of benzene rings is 1. The largest absolute Gasteiger partial charge is 0.474 e. The predicted octanol–water partition coefficient (Wildman–Crippen LogP) is 5.33. The number of anilines is 5. The van der Waals surface area contributed by atoms with Crippen LogP contribution in [0.5, 0.6) is 5.88 Å². The maximum absolute atomic E-state index is 12.6. The normalized spacial score (nSPS) is 13.3. The molecule has 5 rings (SSSR count). The SMILES string of the molecule is O=C(Nc1ccc(Nc2cc(Nc3ccccn3)ncn2)cc1)c1ccc(OC2CCCC2)nc1. The smallest absolute Gasteiger partial charge is 0.257 e. The first kappa shape index (κ1) is 22.3. The number of hydrogen-bond acceptors (Lipinski definition) is 8. The maximum Gasteiger partial charge on any atom is 0.257 e. The Hall–Kier alpha value is -4.53. The van der Waals surface area contributed by atoms with E-state index in [1.54, 1.807) is 30.6 Å². The Bertz CT molecular complexity index is 1260. The minimum atomic E-state index is -0.230. The van der Waals surface area contributed by atoms with Gasteiger partial charge in [-0.05, 0) is 68.1 Å². The average Bonchev–Trinajstić information content (AvgIpc) is 3.40. The highest BCUT2D eigenvalue weighted by Crippen LogP contribution is 2.23. The number of nitrogens with zero attached hydrogens (tertiary/aromatic N) is 4. The summed E-state index contributed by atoms with van der Waals surface area (Å²) in [5.41, 5.74) is 1.97. The van der Waals surface area contributed by atoms with Crippen molar-refractivity contribution < 1.29 is 9.53 Å². The van der Waals surface area contributed by atoms with Gasteiger partial charge in [0.05, 0.1) is 5.56 Å². The van der Waals surface area contributed by atoms with Gasteiger partial charge in [-0.15, -0.1) is 0 Å². The molecule has 9 nitrogen and oxygen atoms in total. The minimum absolute atomic E-state index is 0.230. The second-order valence-corrected chi connectivity index (χ2v) is 8.19.